The lowest BCUT2D eigenvalue weighted by molar-refractivity contribution is -0.128. The quantitative estimate of drug-likeness (QED) is 0.371. The highest BCUT2D eigenvalue weighted by molar-refractivity contribution is 7.99. The van der Waals surface area contributed by atoms with Crippen LogP contribution < -0.4 is 5.32 Å². The fraction of sp³-hybridized carbons (Fsp3) is 0.423. The molecule has 3 N–H and O–H groups in total. The topological polar surface area (TPSA) is 100 Å². The number of amides is 1. The van der Waals surface area contributed by atoms with Gasteiger partial charge < -0.3 is 15.5 Å². The molecule has 1 aliphatic carbocycles. The number of benzene rings is 2. The standard InChI is InChI=1S/C26H31FN4O3S/c27-20-9-11-21(12-10-20)31-23(29-30-25(31)35-18-22(33)17-32)13-16-28-24(34)26(14-5-2-6-15-26)19-7-3-1-4-8-19/h1,3-4,7-12,22,32-33H,2,5-6,13-18H2,(H,28,34)/t22-/m0/s1. The van der Waals surface area contributed by atoms with Crippen LogP contribution in [0.5, 0.6) is 0 Å². The smallest absolute Gasteiger partial charge is 0.230 e. The monoisotopic (exact) mass is 498 g/mol. The Morgan fingerprint density at radius 2 is 1.80 bits per heavy atom. The molecule has 0 spiro atoms. The molecule has 1 aliphatic rings. The molecule has 0 unspecified atom stereocenters. The lowest BCUT2D eigenvalue weighted by Crippen LogP contribution is -2.46. The summed E-state index contributed by atoms with van der Waals surface area (Å²) < 4.78 is 15.3. The Balaban J connectivity index is 1.50. The average molecular weight is 499 g/mol. The van der Waals surface area contributed by atoms with Crippen LogP contribution in [0.3, 0.4) is 0 Å². The summed E-state index contributed by atoms with van der Waals surface area (Å²) in [5.74, 6) is 0.554. The second kappa shape index (κ2) is 11.8. The van der Waals surface area contributed by atoms with Crippen LogP contribution in [0.15, 0.2) is 59.8 Å². The normalized spacial score (nSPS) is 16.1. The zero-order valence-corrected chi connectivity index (χ0v) is 20.4. The van der Waals surface area contributed by atoms with Gasteiger partial charge in [-0.25, -0.2) is 4.39 Å². The van der Waals surface area contributed by atoms with Crippen molar-refractivity contribution in [1.29, 1.82) is 0 Å². The summed E-state index contributed by atoms with van der Waals surface area (Å²) in [6.07, 6.45) is 4.43. The lowest BCUT2D eigenvalue weighted by atomic mass is 9.68. The van der Waals surface area contributed by atoms with E-state index in [-0.39, 0.29) is 24.1 Å². The predicted octanol–water partition coefficient (Wildman–Crippen LogP) is 3.41. The van der Waals surface area contributed by atoms with Gasteiger partial charge in [0.15, 0.2) is 5.16 Å². The summed E-state index contributed by atoms with van der Waals surface area (Å²) in [5, 5.41) is 31.1. The number of rotatable bonds is 10. The summed E-state index contributed by atoms with van der Waals surface area (Å²) in [6.45, 7) is 0.0381. The van der Waals surface area contributed by atoms with Crippen LogP contribution >= 0.6 is 11.8 Å². The SMILES string of the molecule is O=C(NCCc1nnc(SC[C@@H](O)CO)n1-c1ccc(F)cc1)C1(c2ccccc2)CCCCC1. The van der Waals surface area contributed by atoms with Gasteiger partial charge in [0.05, 0.1) is 18.1 Å². The number of carbonyl (C=O) groups excluding carboxylic acids is 1. The average Bonchev–Trinajstić information content (AvgIpc) is 3.31. The number of nitrogens with one attached hydrogen (secondary N) is 1. The van der Waals surface area contributed by atoms with Gasteiger partial charge in [-0.3, -0.25) is 9.36 Å². The third kappa shape index (κ3) is 5.91. The molecule has 1 heterocycles. The molecule has 1 atom stereocenters. The van der Waals surface area contributed by atoms with Crippen molar-refractivity contribution in [2.75, 3.05) is 18.9 Å². The van der Waals surface area contributed by atoms with Gasteiger partial charge in [-0.1, -0.05) is 61.4 Å². The Kier molecular flexibility index (Phi) is 8.54. The number of aliphatic hydroxyl groups is 2. The number of hydrogen-bond donors (Lipinski definition) is 3. The maximum atomic E-state index is 13.5. The molecule has 0 bridgehead atoms. The van der Waals surface area contributed by atoms with Gasteiger partial charge in [0, 0.05) is 24.4 Å². The minimum atomic E-state index is -0.884. The Morgan fingerprint density at radius 3 is 2.49 bits per heavy atom. The van der Waals surface area contributed by atoms with Gasteiger partial charge in [0.1, 0.15) is 11.6 Å². The molecule has 1 saturated carbocycles. The number of aliphatic hydroxyl groups excluding tert-OH is 2. The van der Waals surface area contributed by atoms with Crippen LogP contribution in [0.1, 0.15) is 43.5 Å². The van der Waals surface area contributed by atoms with E-state index in [9.17, 15) is 14.3 Å². The van der Waals surface area contributed by atoms with E-state index in [4.69, 9.17) is 5.11 Å². The van der Waals surface area contributed by atoms with Gasteiger partial charge in [-0.2, -0.15) is 0 Å². The molecule has 9 heteroatoms. The van der Waals surface area contributed by atoms with Gasteiger partial charge in [0.2, 0.25) is 5.91 Å². The zero-order chi connectivity index (χ0) is 24.7. The van der Waals surface area contributed by atoms with E-state index < -0.39 is 11.5 Å². The number of aromatic nitrogens is 3. The Bertz CT molecular complexity index is 1100. The van der Waals surface area contributed by atoms with Crippen molar-refractivity contribution in [2.24, 2.45) is 0 Å². The minimum absolute atomic E-state index is 0.0388. The summed E-state index contributed by atoms with van der Waals surface area (Å²) >= 11 is 1.26. The first-order chi connectivity index (χ1) is 17.0. The van der Waals surface area contributed by atoms with Crippen molar-refractivity contribution >= 4 is 17.7 Å². The summed E-state index contributed by atoms with van der Waals surface area (Å²) in [7, 11) is 0. The Labute approximate surface area is 208 Å². The Hall–Kier alpha value is -2.75. The third-order valence-corrected chi connectivity index (χ3v) is 7.58. The highest BCUT2D eigenvalue weighted by Gasteiger charge is 2.40. The van der Waals surface area contributed by atoms with E-state index in [0.717, 1.165) is 37.7 Å². The van der Waals surface area contributed by atoms with Crippen LogP contribution in [0.4, 0.5) is 4.39 Å². The summed E-state index contributed by atoms with van der Waals surface area (Å²) in [4.78, 5) is 13.5. The van der Waals surface area contributed by atoms with E-state index in [1.807, 2.05) is 30.3 Å². The predicted molar refractivity (Wildman–Crippen MR) is 133 cm³/mol. The third-order valence-electron chi connectivity index (χ3n) is 6.50. The van der Waals surface area contributed by atoms with E-state index in [0.29, 0.717) is 29.6 Å². The molecule has 0 radical (unpaired) electrons. The van der Waals surface area contributed by atoms with Crippen molar-refractivity contribution < 1.29 is 19.4 Å². The number of nitrogens with zero attached hydrogens (tertiary/aromatic N) is 3. The van der Waals surface area contributed by atoms with Crippen molar-refractivity contribution in [3.05, 3.63) is 71.8 Å². The molecular weight excluding hydrogens is 467 g/mol. The molecule has 2 aromatic carbocycles. The largest absolute Gasteiger partial charge is 0.394 e. The van der Waals surface area contributed by atoms with Gasteiger partial charge in [0.25, 0.3) is 0 Å². The second-order valence-corrected chi connectivity index (χ2v) is 9.86. The summed E-state index contributed by atoms with van der Waals surface area (Å²) in [5.41, 5.74) is 1.24. The van der Waals surface area contributed by atoms with Gasteiger partial charge in [-0.15, -0.1) is 10.2 Å². The van der Waals surface area contributed by atoms with Crippen molar-refractivity contribution in [3.8, 4) is 5.69 Å². The van der Waals surface area contributed by atoms with Crippen LogP contribution in [-0.4, -0.2) is 55.9 Å². The van der Waals surface area contributed by atoms with Crippen LogP contribution in [0.25, 0.3) is 5.69 Å². The molecular formula is C26H31FN4O3S. The van der Waals surface area contributed by atoms with Gasteiger partial charge >= 0.3 is 0 Å². The number of hydrogen-bond acceptors (Lipinski definition) is 6. The molecule has 4 rings (SSSR count). The molecule has 7 nitrogen and oxygen atoms in total. The second-order valence-electron chi connectivity index (χ2n) is 8.87. The maximum Gasteiger partial charge on any atom is 0.230 e. The maximum absolute atomic E-state index is 13.5. The van der Waals surface area contributed by atoms with Crippen molar-refractivity contribution in [3.63, 3.8) is 0 Å². The van der Waals surface area contributed by atoms with Crippen LogP contribution in [0, 0.1) is 5.82 Å². The van der Waals surface area contributed by atoms with E-state index in [2.05, 4.69) is 15.5 Å². The van der Waals surface area contributed by atoms with Crippen LogP contribution in [0.2, 0.25) is 0 Å². The molecule has 3 aromatic rings. The number of halogens is 1. The molecule has 1 fully saturated rings. The number of carbonyl (C=O) groups is 1. The van der Waals surface area contributed by atoms with E-state index in [1.165, 1.54) is 23.9 Å². The Morgan fingerprint density at radius 1 is 1.09 bits per heavy atom. The minimum Gasteiger partial charge on any atom is -0.394 e. The fourth-order valence-electron chi connectivity index (χ4n) is 4.64. The van der Waals surface area contributed by atoms with Crippen molar-refractivity contribution in [1.82, 2.24) is 20.1 Å². The first-order valence-electron chi connectivity index (χ1n) is 12.0. The zero-order valence-electron chi connectivity index (χ0n) is 19.6. The lowest BCUT2D eigenvalue weighted by Gasteiger charge is -2.36. The molecule has 35 heavy (non-hydrogen) atoms. The van der Waals surface area contributed by atoms with Gasteiger partial charge in [-0.05, 0) is 42.7 Å². The first kappa shape index (κ1) is 25.3. The first-order valence-corrected chi connectivity index (χ1v) is 13.0. The van der Waals surface area contributed by atoms with Crippen LogP contribution in [-0.2, 0) is 16.6 Å². The molecule has 186 valence electrons. The molecule has 0 saturated heterocycles. The molecule has 1 aromatic heterocycles. The molecule has 1 amide bonds. The highest BCUT2D eigenvalue weighted by Crippen LogP contribution is 2.39. The fourth-order valence-corrected chi connectivity index (χ4v) is 5.53. The van der Waals surface area contributed by atoms with E-state index >= 15 is 0 Å². The number of thioether (sulfide) groups is 1. The van der Waals surface area contributed by atoms with E-state index in [1.54, 1.807) is 16.7 Å². The highest BCUT2D eigenvalue weighted by atomic mass is 32.2. The summed E-state index contributed by atoms with van der Waals surface area (Å²) in [6, 6.07) is 16.0. The van der Waals surface area contributed by atoms with Crippen molar-refractivity contribution in [2.45, 2.75) is 55.2 Å². The molecule has 0 aliphatic heterocycles.